The zero-order valence-corrected chi connectivity index (χ0v) is 43.2. The number of carbonyl (C=O) groups excluding carboxylic acids is 1. The standard InChI is InChI=1S/C49H65F3N5O10PSi/c1-32(2)57(33(3)4)68(64-28-16-27-53)66-41-40(31-63-48(35-17-14-13-15-18-35,36-19-23-38(61-9)24-20-36)37-21-25-39(62-10)26-22-37)65-44(42(41)67-69(11,12)47(5,6)7)56-30-34(43(58)54-46(56)60)29-55(8)45(59)49(50,51)52/h13-15,17-26,30,32-33,40-42,44H,16,28-29,31H2,1-12H3,(H,54,58,60)/t40-,41-,42-,44-,68?/m1/s1. The lowest BCUT2D eigenvalue weighted by molar-refractivity contribution is -0.184. The van der Waals surface area contributed by atoms with Crippen molar-refractivity contribution in [3.8, 4) is 17.6 Å². The van der Waals surface area contributed by atoms with E-state index in [1.165, 1.54) is 0 Å². The number of amides is 1. The summed E-state index contributed by atoms with van der Waals surface area (Å²) in [6.07, 6.45) is -8.79. The molecule has 0 spiro atoms. The van der Waals surface area contributed by atoms with Gasteiger partial charge in [-0.15, -0.1) is 0 Å². The van der Waals surface area contributed by atoms with Gasteiger partial charge >= 0.3 is 17.8 Å². The van der Waals surface area contributed by atoms with Crippen molar-refractivity contribution in [1.82, 2.24) is 19.1 Å². The Hall–Kier alpha value is -4.90. The first-order chi connectivity index (χ1) is 32.4. The minimum absolute atomic E-state index is 0.0308. The molecule has 1 unspecified atom stereocenters. The zero-order chi connectivity index (χ0) is 51.1. The third-order valence-electron chi connectivity index (χ3n) is 12.3. The summed E-state index contributed by atoms with van der Waals surface area (Å²) in [7, 11) is -0.840. The Labute approximate surface area is 404 Å². The molecular weight excluding hydrogens is 935 g/mol. The van der Waals surface area contributed by atoms with Crippen LogP contribution in [0.4, 0.5) is 13.2 Å². The van der Waals surface area contributed by atoms with Crippen LogP contribution in [-0.4, -0.2) is 104 Å². The summed E-state index contributed by atoms with van der Waals surface area (Å²) >= 11 is 0. The molecule has 1 saturated heterocycles. The van der Waals surface area contributed by atoms with E-state index in [4.69, 9.17) is 32.4 Å². The van der Waals surface area contributed by atoms with Crippen molar-refractivity contribution in [3.63, 3.8) is 0 Å². The zero-order valence-electron chi connectivity index (χ0n) is 41.3. The maximum Gasteiger partial charge on any atom is 0.471 e. The Bertz CT molecular complexity index is 2420. The molecule has 0 aliphatic carbocycles. The van der Waals surface area contributed by atoms with Crippen LogP contribution < -0.4 is 20.7 Å². The number of benzene rings is 3. The van der Waals surface area contributed by atoms with Crippen molar-refractivity contribution in [2.45, 2.75) is 128 Å². The summed E-state index contributed by atoms with van der Waals surface area (Å²) in [4.78, 5) is 42.2. The van der Waals surface area contributed by atoms with Crippen molar-refractivity contribution in [3.05, 3.63) is 128 Å². The molecule has 5 atom stereocenters. The number of methoxy groups -OCH3 is 2. The number of nitriles is 1. The van der Waals surface area contributed by atoms with Crippen LogP contribution >= 0.6 is 8.53 Å². The fourth-order valence-corrected chi connectivity index (χ4v) is 10.9. The third-order valence-corrected chi connectivity index (χ3v) is 18.9. The fraction of sp³-hybridized carbons (Fsp3) is 0.510. The van der Waals surface area contributed by atoms with Crippen LogP contribution in [0.5, 0.6) is 11.5 Å². The molecule has 1 fully saturated rings. The quantitative estimate of drug-likeness (QED) is 0.0365. The molecule has 0 radical (unpaired) electrons. The van der Waals surface area contributed by atoms with E-state index >= 15 is 0 Å². The number of ether oxygens (including phenoxy) is 4. The molecule has 3 aromatic carbocycles. The molecule has 1 aromatic heterocycles. The minimum atomic E-state index is -5.22. The number of halogens is 3. The lowest BCUT2D eigenvalue weighted by Crippen LogP contribution is -2.51. The van der Waals surface area contributed by atoms with Crippen LogP contribution in [0, 0.1) is 11.3 Å². The predicted octanol–water partition coefficient (Wildman–Crippen LogP) is 9.03. The van der Waals surface area contributed by atoms with E-state index in [2.05, 4.69) is 11.1 Å². The first kappa shape index (κ1) is 55.0. The van der Waals surface area contributed by atoms with E-state index in [1.54, 1.807) is 14.2 Å². The van der Waals surface area contributed by atoms with Crippen molar-refractivity contribution in [2.24, 2.45) is 0 Å². The number of aromatic nitrogens is 2. The Balaban J connectivity index is 1.78. The van der Waals surface area contributed by atoms with Gasteiger partial charge in [-0.3, -0.25) is 19.1 Å². The van der Waals surface area contributed by atoms with Gasteiger partial charge in [0.05, 0.1) is 52.0 Å². The molecule has 2 heterocycles. The summed E-state index contributed by atoms with van der Waals surface area (Å²) in [6, 6.07) is 26.4. The average Bonchev–Trinajstić information content (AvgIpc) is 3.61. The molecule has 69 heavy (non-hydrogen) atoms. The second kappa shape index (κ2) is 22.9. The van der Waals surface area contributed by atoms with E-state index in [1.807, 2.05) is 145 Å². The van der Waals surface area contributed by atoms with Gasteiger partial charge in [-0.05, 0) is 86.8 Å². The smallest absolute Gasteiger partial charge is 0.471 e. The van der Waals surface area contributed by atoms with Gasteiger partial charge in [0.15, 0.2) is 14.5 Å². The molecule has 20 heteroatoms. The Morgan fingerprint density at radius 2 is 1.42 bits per heavy atom. The van der Waals surface area contributed by atoms with E-state index in [0.29, 0.717) is 27.5 Å². The topological polar surface area (TPSA) is 167 Å². The van der Waals surface area contributed by atoms with Gasteiger partial charge in [-0.25, -0.2) is 9.46 Å². The van der Waals surface area contributed by atoms with Gasteiger partial charge < -0.3 is 37.3 Å². The molecule has 1 amide bonds. The highest BCUT2D eigenvalue weighted by Gasteiger charge is 2.55. The van der Waals surface area contributed by atoms with Gasteiger partial charge in [-0.2, -0.15) is 18.4 Å². The largest absolute Gasteiger partial charge is 0.497 e. The van der Waals surface area contributed by atoms with Crippen molar-refractivity contribution >= 4 is 22.8 Å². The molecule has 0 saturated carbocycles. The molecule has 1 N–H and O–H groups in total. The maximum atomic E-state index is 14.1. The Kier molecular flexibility index (Phi) is 18.3. The van der Waals surface area contributed by atoms with E-state index < -0.39 is 81.9 Å². The van der Waals surface area contributed by atoms with Gasteiger partial charge in [0.2, 0.25) is 0 Å². The van der Waals surface area contributed by atoms with Crippen LogP contribution in [0.1, 0.15) is 83.4 Å². The third kappa shape index (κ3) is 12.7. The predicted molar refractivity (Wildman–Crippen MR) is 258 cm³/mol. The number of nitrogens with zero attached hydrogens (tertiary/aromatic N) is 4. The van der Waals surface area contributed by atoms with Gasteiger partial charge in [0.25, 0.3) is 14.1 Å². The number of hydrogen-bond acceptors (Lipinski definition) is 12. The summed E-state index contributed by atoms with van der Waals surface area (Å²) in [6.45, 7) is 17.1. The maximum absolute atomic E-state index is 14.1. The summed E-state index contributed by atoms with van der Waals surface area (Å²) in [5.74, 6) is -0.955. The van der Waals surface area contributed by atoms with E-state index in [0.717, 1.165) is 23.4 Å². The molecule has 5 rings (SSSR count). The normalized spacial score (nSPS) is 18.4. The number of hydrogen-bond donors (Lipinski definition) is 1. The van der Waals surface area contributed by atoms with Crippen LogP contribution in [0.3, 0.4) is 0 Å². The highest BCUT2D eigenvalue weighted by Crippen LogP contribution is 2.52. The fourth-order valence-electron chi connectivity index (χ4n) is 7.89. The van der Waals surface area contributed by atoms with Gasteiger partial charge in [0.1, 0.15) is 35.4 Å². The second-order valence-corrected chi connectivity index (χ2v) is 25.0. The molecule has 376 valence electrons. The van der Waals surface area contributed by atoms with E-state index in [-0.39, 0.29) is 37.3 Å². The number of H-pyrrole nitrogens is 1. The SMILES string of the molecule is COc1ccc(C(OC[C@H]2O[C@@H](n3cc(CN(C)C(=O)C(F)(F)F)c(=O)[nH]c3=O)[C@H](O[Si](C)(C)C(C)(C)C)[C@@H]2OP(OCCC#N)N(C(C)C)C(C)C)(c2ccccc2)c2ccc(OC)cc2)cc1. The number of carbonyl (C=O) groups is 1. The lowest BCUT2D eigenvalue weighted by atomic mass is 9.80. The highest BCUT2D eigenvalue weighted by atomic mass is 31.2. The molecule has 4 aromatic rings. The molecule has 1 aliphatic heterocycles. The number of alkyl halides is 3. The lowest BCUT2D eigenvalue weighted by Gasteiger charge is -2.42. The molecule has 0 bridgehead atoms. The van der Waals surface area contributed by atoms with Crippen molar-refractivity contribution in [2.75, 3.05) is 34.5 Å². The number of aromatic amines is 1. The average molecular weight is 1000 g/mol. The summed E-state index contributed by atoms with van der Waals surface area (Å²) in [5.41, 5.74) is -1.44. The van der Waals surface area contributed by atoms with Crippen LogP contribution in [0.2, 0.25) is 18.1 Å². The van der Waals surface area contributed by atoms with Crippen LogP contribution in [0.15, 0.2) is 94.6 Å². The minimum Gasteiger partial charge on any atom is -0.497 e. The van der Waals surface area contributed by atoms with Crippen LogP contribution in [-0.2, 0) is 39.9 Å². The van der Waals surface area contributed by atoms with Crippen LogP contribution in [0.25, 0.3) is 0 Å². The van der Waals surface area contributed by atoms with Gasteiger partial charge in [0, 0.05) is 25.3 Å². The second-order valence-electron chi connectivity index (χ2n) is 18.8. The van der Waals surface area contributed by atoms with Crippen molar-refractivity contribution in [1.29, 1.82) is 5.26 Å². The number of nitrogens with one attached hydrogen (secondary N) is 1. The number of rotatable bonds is 21. The first-order valence-electron chi connectivity index (χ1n) is 22.6. The molecule has 15 nitrogen and oxygen atoms in total. The summed E-state index contributed by atoms with van der Waals surface area (Å²) < 4.78 is 90.2. The highest BCUT2D eigenvalue weighted by molar-refractivity contribution is 7.44. The Morgan fingerprint density at radius 3 is 1.90 bits per heavy atom. The molecular formula is C49H65F3N5O10PSi. The first-order valence-corrected chi connectivity index (χ1v) is 26.7. The Morgan fingerprint density at radius 1 is 0.884 bits per heavy atom. The van der Waals surface area contributed by atoms with Gasteiger partial charge in [-0.1, -0.05) is 75.4 Å². The van der Waals surface area contributed by atoms with Crippen molar-refractivity contribution < 1.29 is 50.4 Å². The van der Waals surface area contributed by atoms with E-state index in [9.17, 15) is 32.8 Å². The summed E-state index contributed by atoms with van der Waals surface area (Å²) in [5, 5.41) is 9.15. The monoisotopic (exact) mass is 999 g/mol. The molecule has 1 aliphatic rings.